The number of hydrogen-bond donors (Lipinski definition) is 1. The van der Waals surface area contributed by atoms with Gasteiger partial charge in [-0.05, 0) is 24.1 Å². The summed E-state index contributed by atoms with van der Waals surface area (Å²) in [6.07, 6.45) is 0.547. The summed E-state index contributed by atoms with van der Waals surface area (Å²) < 4.78 is 11.4. The molecule has 8 nitrogen and oxygen atoms in total. The van der Waals surface area contributed by atoms with Gasteiger partial charge in [0.1, 0.15) is 11.2 Å². The van der Waals surface area contributed by atoms with E-state index in [1.165, 1.54) is 12.1 Å². The number of hydrogen-bond acceptors (Lipinski definition) is 6. The molecule has 0 fully saturated rings. The zero-order chi connectivity index (χ0) is 16.9. The lowest BCUT2D eigenvalue weighted by Crippen LogP contribution is -2.07. The first kappa shape index (κ1) is 15.6. The Morgan fingerprint density at radius 3 is 3.04 bits per heavy atom. The van der Waals surface area contributed by atoms with Crippen LogP contribution in [0.25, 0.3) is 33.0 Å². The van der Waals surface area contributed by atoms with E-state index in [0.717, 1.165) is 5.69 Å². The summed E-state index contributed by atoms with van der Waals surface area (Å²) >= 11 is 0. The molecule has 3 rings (SSSR count). The molecule has 0 spiro atoms. The van der Waals surface area contributed by atoms with Gasteiger partial charge in [-0.1, -0.05) is 5.11 Å². The molecular formula is C16H15N5O3. The summed E-state index contributed by atoms with van der Waals surface area (Å²) in [7, 11) is 1.81. The maximum atomic E-state index is 11.9. The van der Waals surface area contributed by atoms with Crippen LogP contribution in [-0.2, 0) is 0 Å². The molecule has 0 bridgehead atoms. The van der Waals surface area contributed by atoms with Gasteiger partial charge in [-0.25, -0.2) is 4.98 Å². The molecule has 0 atom stereocenters. The summed E-state index contributed by atoms with van der Waals surface area (Å²) in [5.74, 6) is 0.732. The van der Waals surface area contributed by atoms with Crippen molar-refractivity contribution in [3.05, 3.63) is 51.0 Å². The van der Waals surface area contributed by atoms with E-state index in [1.54, 1.807) is 0 Å². The van der Waals surface area contributed by atoms with Gasteiger partial charge < -0.3 is 14.5 Å². The van der Waals surface area contributed by atoms with Gasteiger partial charge in [0.15, 0.2) is 22.5 Å². The van der Waals surface area contributed by atoms with Crippen LogP contribution in [0.2, 0.25) is 0 Å². The van der Waals surface area contributed by atoms with Crippen molar-refractivity contribution in [3.8, 4) is 17.2 Å². The number of nitrogens with one attached hydrogen (secondary N) is 1. The first-order valence-corrected chi connectivity index (χ1v) is 7.41. The molecule has 24 heavy (non-hydrogen) atoms. The van der Waals surface area contributed by atoms with E-state index >= 15 is 0 Å². The Morgan fingerprint density at radius 1 is 1.38 bits per heavy atom. The Balaban J connectivity index is 1.99. The topological polar surface area (TPSA) is 113 Å². The van der Waals surface area contributed by atoms with E-state index in [0.29, 0.717) is 47.9 Å². The Bertz CT molecular complexity index is 946. The Kier molecular flexibility index (Phi) is 4.49. The number of azide groups is 1. The summed E-state index contributed by atoms with van der Waals surface area (Å²) in [4.78, 5) is 19.1. The van der Waals surface area contributed by atoms with Gasteiger partial charge in [0, 0.05) is 42.4 Å². The summed E-state index contributed by atoms with van der Waals surface area (Å²) in [6.45, 7) is 0.648. The average molecular weight is 325 g/mol. The molecule has 0 unspecified atom stereocenters. The van der Waals surface area contributed by atoms with E-state index < -0.39 is 0 Å². The predicted octanol–water partition coefficient (Wildman–Crippen LogP) is 3.41. The molecule has 1 heterocycles. The van der Waals surface area contributed by atoms with Crippen LogP contribution in [0.15, 0.2) is 44.7 Å². The molecule has 0 amide bonds. The highest BCUT2D eigenvalue weighted by molar-refractivity contribution is 5.81. The second kappa shape index (κ2) is 6.89. The van der Waals surface area contributed by atoms with Crippen LogP contribution in [0.4, 0.5) is 5.69 Å². The van der Waals surface area contributed by atoms with Crippen molar-refractivity contribution in [3.63, 3.8) is 0 Å². The lowest BCUT2D eigenvalue weighted by Gasteiger charge is -2.12. The minimum absolute atomic E-state index is 0.220. The average Bonchev–Trinajstić information content (AvgIpc) is 2.59. The Labute approximate surface area is 137 Å². The van der Waals surface area contributed by atoms with Crippen molar-refractivity contribution in [2.24, 2.45) is 5.11 Å². The molecule has 0 aromatic heterocycles. The first-order chi connectivity index (χ1) is 11.7. The lowest BCUT2D eigenvalue weighted by atomic mass is 10.2. The molecule has 8 heteroatoms. The fourth-order valence-corrected chi connectivity index (χ4v) is 2.30. The van der Waals surface area contributed by atoms with Crippen LogP contribution in [0.5, 0.6) is 5.75 Å². The molecule has 122 valence electrons. The van der Waals surface area contributed by atoms with Crippen molar-refractivity contribution in [1.29, 1.82) is 0 Å². The molecule has 0 saturated carbocycles. The Morgan fingerprint density at radius 2 is 2.25 bits per heavy atom. The number of ether oxygens (including phenoxy) is 1. The first-order valence-electron chi connectivity index (χ1n) is 7.41. The number of fused-ring (bicyclic) bond motifs is 2. The highest BCUT2D eigenvalue weighted by atomic mass is 16.5. The van der Waals surface area contributed by atoms with Gasteiger partial charge in [0.25, 0.3) is 0 Å². The fourth-order valence-electron chi connectivity index (χ4n) is 2.30. The SMILES string of the molecule is CNc1ccc2nc3c(OCCCN=[N+]=[N-])cc(=O)cc-3oc2c1. The van der Waals surface area contributed by atoms with Gasteiger partial charge in [-0.2, -0.15) is 0 Å². The maximum absolute atomic E-state index is 11.9. The smallest absolute Gasteiger partial charge is 0.186 e. The molecule has 0 saturated heterocycles. The number of nitrogens with zero attached hydrogens (tertiary/aromatic N) is 4. The number of rotatable bonds is 6. The van der Waals surface area contributed by atoms with E-state index in [9.17, 15) is 4.79 Å². The third kappa shape index (κ3) is 3.23. The van der Waals surface area contributed by atoms with Crippen molar-refractivity contribution in [2.45, 2.75) is 6.42 Å². The van der Waals surface area contributed by atoms with Crippen LogP contribution in [-0.4, -0.2) is 25.2 Å². The third-order valence-electron chi connectivity index (χ3n) is 3.44. The summed E-state index contributed by atoms with van der Waals surface area (Å²) in [5.41, 5.74) is 10.6. The lowest BCUT2D eigenvalue weighted by molar-refractivity contribution is 0.312. The highest BCUT2D eigenvalue weighted by Gasteiger charge is 2.16. The molecule has 1 aromatic carbocycles. The van der Waals surface area contributed by atoms with Gasteiger partial charge in [0.05, 0.1) is 6.61 Å². The van der Waals surface area contributed by atoms with Crippen LogP contribution in [0, 0.1) is 0 Å². The minimum atomic E-state index is -0.220. The molecule has 1 aromatic rings. The van der Waals surface area contributed by atoms with Crippen molar-refractivity contribution >= 4 is 16.8 Å². The molecular weight excluding hydrogens is 310 g/mol. The zero-order valence-corrected chi connectivity index (χ0v) is 13.0. The van der Waals surface area contributed by atoms with E-state index in [2.05, 4.69) is 20.3 Å². The van der Waals surface area contributed by atoms with Gasteiger partial charge in [-0.15, -0.1) is 0 Å². The van der Waals surface area contributed by atoms with E-state index in [1.807, 2.05) is 25.2 Å². The Hall–Kier alpha value is -3.25. The molecule has 1 N–H and O–H groups in total. The molecule has 1 aliphatic heterocycles. The van der Waals surface area contributed by atoms with Crippen LogP contribution >= 0.6 is 0 Å². The number of anilines is 1. The largest absolute Gasteiger partial charge is 0.491 e. The second-order valence-corrected chi connectivity index (χ2v) is 5.07. The monoisotopic (exact) mass is 325 g/mol. The van der Waals surface area contributed by atoms with Gasteiger partial charge >= 0.3 is 0 Å². The summed E-state index contributed by atoms with van der Waals surface area (Å²) in [6, 6.07) is 8.31. The van der Waals surface area contributed by atoms with E-state index in [4.69, 9.17) is 14.7 Å². The summed E-state index contributed by atoms with van der Waals surface area (Å²) in [5, 5.41) is 6.46. The predicted molar refractivity (Wildman–Crippen MR) is 90.6 cm³/mol. The molecule has 2 aliphatic rings. The minimum Gasteiger partial charge on any atom is -0.491 e. The van der Waals surface area contributed by atoms with E-state index in [-0.39, 0.29) is 5.43 Å². The van der Waals surface area contributed by atoms with Gasteiger partial charge in [-0.3, -0.25) is 4.79 Å². The maximum Gasteiger partial charge on any atom is 0.186 e. The van der Waals surface area contributed by atoms with Crippen molar-refractivity contribution in [1.82, 2.24) is 4.98 Å². The molecule has 1 aliphatic carbocycles. The van der Waals surface area contributed by atoms with Crippen molar-refractivity contribution in [2.75, 3.05) is 25.5 Å². The molecule has 0 radical (unpaired) electrons. The van der Waals surface area contributed by atoms with Crippen LogP contribution < -0.4 is 15.5 Å². The standard InChI is InChI=1S/C16H15N5O3/c1-18-10-3-4-12-13(7-10)24-15-9-11(22)8-14(16(15)20-12)23-6-2-5-19-21-17/h3-4,7-9,18H,2,5-6H2,1H3. The highest BCUT2D eigenvalue weighted by Crippen LogP contribution is 2.32. The van der Waals surface area contributed by atoms with Gasteiger partial charge in [0.2, 0.25) is 0 Å². The number of aromatic nitrogens is 1. The quantitative estimate of drug-likeness (QED) is 0.245. The normalized spacial score (nSPS) is 10.5. The van der Waals surface area contributed by atoms with Crippen LogP contribution in [0.3, 0.4) is 0 Å². The number of benzene rings is 2. The third-order valence-corrected chi connectivity index (χ3v) is 3.44. The van der Waals surface area contributed by atoms with Crippen LogP contribution in [0.1, 0.15) is 6.42 Å². The van der Waals surface area contributed by atoms with Crippen molar-refractivity contribution < 1.29 is 9.15 Å². The second-order valence-electron chi connectivity index (χ2n) is 5.07. The fraction of sp³-hybridized carbons (Fsp3) is 0.250. The zero-order valence-electron chi connectivity index (χ0n) is 13.0.